The van der Waals surface area contributed by atoms with Gasteiger partial charge in [-0.2, -0.15) is 0 Å². The van der Waals surface area contributed by atoms with Gasteiger partial charge in [0.05, 0.1) is 5.56 Å². The molecular formula is C16H17NO3. The van der Waals surface area contributed by atoms with Gasteiger partial charge in [0.15, 0.2) is 0 Å². The Hall–Kier alpha value is -2.10. The minimum atomic E-state index is -0.954. The van der Waals surface area contributed by atoms with Crippen LogP contribution in [0.25, 0.3) is 0 Å². The lowest BCUT2D eigenvalue weighted by molar-refractivity contribution is -0.120. The maximum Gasteiger partial charge on any atom is 0.335 e. The van der Waals surface area contributed by atoms with Crippen molar-refractivity contribution in [3.63, 3.8) is 0 Å². The van der Waals surface area contributed by atoms with E-state index in [0.717, 1.165) is 18.4 Å². The van der Waals surface area contributed by atoms with Crippen LogP contribution in [0.3, 0.4) is 0 Å². The molecule has 104 valence electrons. The Labute approximate surface area is 117 Å². The van der Waals surface area contributed by atoms with E-state index in [1.807, 2.05) is 6.92 Å². The molecule has 3 rings (SSSR count). The molecule has 1 fully saturated rings. The number of carboxylic acids is 1. The Bertz CT molecular complexity index is 606. The van der Waals surface area contributed by atoms with E-state index in [1.165, 1.54) is 6.07 Å². The Morgan fingerprint density at radius 1 is 1.25 bits per heavy atom. The lowest BCUT2D eigenvalue weighted by atomic mass is 9.92. The fraction of sp³-hybridized carbons (Fsp3) is 0.375. The number of rotatable bonds is 3. The van der Waals surface area contributed by atoms with Gasteiger partial charge in [-0.3, -0.25) is 4.79 Å². The number of nitrogens with one attached hydrogen (secondary N) is 1. The number of allylic oxidation sites excluding steroid dienone is 2. The van der Waals surface area contributed by atoms with Crippen LogP contribution in [-0.2, 0) is 4.79 Å². The zero-order chi connectivity index (χ0) is 14.3. The molecule has 4 nitrogen and oxygen atoms in total. The second kappa shape index (κ2) is 4.78. The standard InChI is InChI=1S/C16H17NO3/c1-9-6-12(16(19)20)4-5-14(9)17-15(18)13-8-10-2-3-11(13)7-10/h2-6,10-11,13H,7-8H2,1H3,(H,17,18)(H,19,20). The van der Waals surface area contributed by atoms with Crippen LogP contribution in [0.2, 0.25) is 0 Å². The number of carboxylic acid groups (broad SMARTS) is 1. The average molecular weight is 271 g/mol. The highest BCUT2D eigenvalue weighted by Gasteiger charge is 2.39. The molecule has 1 aromatic carbocycles. The molecule has 0 aliphatic heterocycles. The van der Waals surface area contributed by atoms with E-state index in [1.54, 1.807) is 12.1 Å². The second-order valence-electron chi connectivity index (χ2n) is 5.71. The summed E-state index contributed by atoms with van der Waals surface area (Å²) in [6.07, 6.45) is 6.38. The molecule has 0 aromatic heterocycles. The highest BCUT2D eigenvalue weighted by molar-refractivity contribution is 5.95. The fourth-order valence-electron chi connectivity index (χ4n) is 3.24. The van der Waals surface area contributed by atoms with E-state index in [0.29, 0.717) is 17.5 Å². The summed E-state index contributed by atoms with van der Waals surface area (Å²) in [5.74, 6) is 0.0885. The third kappa shape index (κ3) is 2.22. The van der Waals surface area contributed by atoms with Gasteiger partial charge in [0.1, 0.15) is 0 Å². The molecule has 20 heavy (non-hydrogen) atoms. The number of hydrogen-bond acceptors (Lipinski definition) is 2. The highest BCUT2D eigenvalue weighted by Crippen LogP contribution is 2.43. The summed E-state index contributed by atoms with van der Waals surface area (Å²) in [6, 6.07) is 4.77. The van der Waals surface area contributed by atoms with Crippen LogP contribution in [0.15, 0.2) is 30.4 Å². The van der Waals surface area contributed by atoms with Crippen LogP contribution in [-0.4, -0.2) is 17.0 Å². The van der Waals surface area contributed by atoms with Crippen molar-refractivity contribution in [2.45, 2.75) is 19.8 Å². The molecule has 3 unspecified atom stereocenters. The van der Waals surface area contributed by atoms with Gasteiger partial charge in [-0.1, -0.05) is 12.2 Å². The number of hydrogen-bond donors (Lipinski definition) is 2. The minimum Gasteiger partial charge on any atom is -0.478 e. The van der Waals surface area contributed by atoms with E-state index < -0.39 is 5.97 Å². The van der Waals surface area contributed by atoms with Gasteiger partial charge in [0.25, 0.3) is 0 Å². The Morgan fingerprint density at radius 3 is 2.60 bits per heavy atom. The monoisotopic (exact) mass is 271 g/mol. The van der Waals surface area contributed by atoms with Crippen molar-refractivity contribution in [1.82, 2.24) is 0 Å². The first kappa shape index (κ1) is 12.9. The third-order valence-corrected chi connectivity index (χ3v) is 4.35. The van der Waals surface area contributed by atoms with Gasteiger partial charge in [0, 0.05) is 11.6 Å². The number of aryl methyl sites for hydroxylation is 1. The molecule has 2 aliphatic carbocycles. The molecule has 1 amide bonds. The van der Waals surface area contributed by atoms with Crippen molar-refractivity contribution in [2.75, 3.05) is 5.32 Å². The van der Waals surface area contributed by atoms with Crippen LogP contribution in [0.4, 0.5) is 5.69 Å². The molecule has 3 atom stereocenters. The molecule has 0 spiro atoms. The van der Waals surface area contributed by atoms with E-state index in [9.17, 15) is 9.59 Å². The zero-order valence-electron chi connectivity index (χ0n) is 11.3. The van der Waals surface area contributed by atoms with Crippen molar-refractivity contribution >= 4 is 17.6 Å². The van der Waals surface area contributed by atoms with Crippen molar-refractivity contribution < 1.29 is 14.7 Å². The molecule has 4 heteroatoms. The van der Waals surface area contributed by atoms with Crippen LogP contribution in [0.5, 0.6) is 0 Å². The van der Waals surface area contributed by atoms with Crippen molar-refractivity contribution in [3.8, 4) is 0 Å². The SMILES string of the molecule is Cc1cc(C(=O)O)ccc1NC(=O)C1CC2C=CC1C2. The van der Waals surface area contributed by atoms with Crippen molar-refractivity contribution in [3.05, 3.63) is 41.5 Å². The Morgan fingerprint density at radius 2 is 2.05 bits per heavy atom. The van der Waals surface area contributed by atoms with Crippen LogP contribution >= 0.6 is 0 Å². The zero-order valence-corrected chi connectivity index (χ0v) is 11.3. The summed E-state index contributed by atoms with van der Waals surface area (Å²) in [5.41, 5.74) is 1.71. The van der Waals surface area contributed by atoms with Crippen LogP contribution in [0.1, 0.15) is 28.8 Å². The van der Waals surface area contributed by atoms with E-state index >= 15 is 0 Å². The first-order valence-corrected chi connectivity index (χ1v) is 6.87. The smallest absolute Gasteiger partial charge is 0.335 e. The van der Waals surface area contributed by atoms with Gasteiger partial charge >= 0.3 is 5.97 Å². The first-order chi connectivity index (χ1) is 9.54. The summed E-state index contributed by atoms with van der Waals surface area (Å²) < 4.78 is 0. The highest BCUT2D eigenvalue weighted by atomic mass is 16.4. The number of anilines is 1. The van der Waals surface area contributed by atoms with Crippen molar-refractivity contribution in [1.29, 1.82) is 0 Å². The minimum absolute atomic E-state index is 0.0491. The summed E-state index contributed by atoms with van der Waals surface area (Å²) in [6.45, 7) is 1.81. The van der Waals surface area contributed by atoms with E-state index in [2.05, 4.69) is 17.5 Å². The lowest BCUT2D eigenvalue weighted by Gasteiger charge is -2.18. The molecule has 2 aliphatic rings. The largest absolute Gasteiger partial charge is 0.478 e. The number of fused-ring (bicyclic) bond motifs is 2. The van der Waals surface area contributed by atoms with Gasteiger partial charge in [-0.25, -0.2) is 4.79 Å². The van der Waals surface area contributed by atoms with Gasteiger partial charge in [-0.05, 0) is 55.4 Å². The number of aromatic carboxylic acids is 1. The average Bonchev–Trinajstić information content (AvgIpc) is 3.03. The summed E-state index contributed by atoms with van der Waals surface area (Å²) in [7, 11) is 0. The molecule has 2 bridgehead atoms. The number of amides is 1. The van der Waals surface area contributed by atoms with E-state index in [4.69, 9.17) is 5.11 Å². The lowest BCUT2D eigenvalue weighted by Crippen LogP contribution is -2.26. The molecule has 0 heterocycles. The fourth-order valence-corrected chi connectivity index (χ4v) is 3.24. The van der Waals surface area contributed by atoms with Crippen molar-refractivity contribution in [2.24, 2.45) is 17.8 Å². The molecule has 1 saturated carbocycles. The topological polar surface area (TPSA) is 66.4 Å². The molecular weight excluding hydrogens is 254 g/mol. The summed E-state index contributed by atoms with van der Waals surface area (Å²) in [4.78, 5) is 23.2. The predicted octanol–water partition coefficient (Wildman–Crippen LogP) is 2.84. The maximum absolute atomic E-state index is 12.3. The molecule has 1 aromatic rings. The number of carbonyl (C=O) groups is 2. The normalized spacial score (nSPS) is 26.8. The Kier molecular flexibility index (Phi) is 3.08. The summed E-state index contributed by atoms with van der Waals surface area (Å²) in [5, 5.41) is 11.9. The second-order valence-corrected chi connectivity index (χ2v) is 5.71. The molecule has 2 N–H and O–H groups in total. The van der Waals surface area contributed by atoms with Gasteiger partial charge in [0.2, 0.25) is 5.91 Å². The van der Waals surface area contributed by atoms with Gasteiger partial charge < -0.3 is 10.4 Å². The molecule has 0 saturated heterocycles. The summed E-state index contributed by atoms with van der Waals surface area (Å²) >= 11 is 0. The third-order valence-electron chi connectivity index (χ3n) is 4.35. The van der Waals surface area contributed by atoms with Crippen LogP contribution in [0, 0.1) is 24.7 Å². The predicted molar refractivity (Wildman–Crippen MR) is 75.6 cm³/mol. The van der Waals surface area contributed by atoms with E-state index in [-0.39, 0.29) is 17.4 Å². The number of benzene rings is 1. The quantitative estimate of drug-likeness (QED) is 0.831. The Balaban J connectivity index is 1.73. The van der Waals surface area contributed by atoms with Gasteiger partial charge in [-0.15, -0.1) is 0 Å². The maximum atomic E-state index is 12.3. The van der Waals surface area contributed by atoms with Crippen LogP contribution < -0.4 is 5.32 Å². The number of carbonyl (C=O) groups excluding carboxylic acids is 1. The first-order valence-electron chi connectivity index (χ1n) is 6.87. The molecule has 0 radical (unpaired) electrons.